The minimum atomic E-state index is 0.397. The van der Waals surface area contributed by atoms with E-state index in [4.69, 9.17) is 11.0 Å². The summed E-state index contributed by atoms with van der Waals surface area (Å²) < 4.78 is 0. The van der Waals surface area contributed by atoms with Gasteiger partial charge in [0.25, 0.3) is 0 Å². The van der Waals surface area contributed by atoms with Gasteiger partial charge in [-0.2, -0.15) is 5.06 Å². The summed E-state index contributed by atoms with van der Waals surface area (Å²) in [7, 11) is 0. The summed E-state index contributed by atoms with van der Waals surface area (Å²) in [6.45, 7) is 1.46. The molecule has 0 aromatic heterocycles. The zero-order valence-corrected chi connectivity index (χ0v) is 5.38. The molecule has 9 heavy (non-hydrogen) atoms. The average molecular weight is 131 g/mol. The van der Waals surface area contributed by atoms with Crippen LogP contribution in [0.25, 0.3) is 0 Å². The molecule has 1 rings (SSSR count). The van der Waals surface area contributed by atoms with E-state index in [1.807, 2.05) is 0 Å². The molecule has 0 saturated carbocycles. The van der Waals surface area contributed by atoms with Crippen LogP contribution >= 0.6 is 0 Å². The molecule has 0 amide bonds. The Morgan fingerprint density at radius 1 is 1.44 bits per heavy atom. The molecule has 0 aromatic carbocycles. The van der Waals surface area contributed by atoms with Crippen LogP contribution in [0.3, 0.4) is 0 Å². The Kier molecular flexibility index (Phi) is 2.41. The smallest absolute Gasteiger partial charge is 0.0253 e. The fourth-order valence-electron chi connectivity index (χ4n) is 1.03. The third-order valence-corrected chi connectivity index (χ3v) is 1.71. The Morgan fingerprint density at radius 3 is 2.44 bits per heavy atom. The van der Waals surface area contributed by atoms with E-state index in [2.05, 4.69) is 5.43 Å². The van der Waals surface area contributed by atoms with Crippen LogP contribution in [0.4, 0.5) is 0 Å². The molecule has 1 aliphatic rings. The summed E-state index contributed by atoms with van der Waals surface area (Å²) in [6.07, 6.45) is 1.88. The Bertz CT molecular complexity index is 80.3. The minimum absolute atomic E-state index is 0.397. The van der Waals surface area contributed by atoms with Gasteiger partial charge in [-0.05, 0) is 12.8 Å². The van der Waals surface area contributed by atoms with Crippen LogP contribution in [0.15, 0.2) is 0 Å². The van der Waals surface area contributed by atoms with Crippen molar-refractivity contribution in [3.8, 4) is 0 Å². The number of hydrogen-bond donors (Lipinski definition) is 3. The van der Waals surface area contributed by atoms with E-state index >= 15 is 0 Å². The van der Waals surface area contributed by atoms with E-state index in [-0.39, 0.29) is 0 Å². The quantitative estimate of drug-likeness (QED) is 0.325. The second-order valence-electron chi connectivity index (χ2n) is 2.39. The second kappa shape index (κ2) is 3.12. The van der Waals surface area contributed by atoms with E-state index < -0.39 is 0 Å². The number of hydrazine groups is 1. The monoisotopic (exact) mass is 131 g/mol. The maximum absolute atomic E-state index is 8.89. The van der Waals surface area contributed by atoms with Gasteiger partial charge in [0, 0.05) is 19.1 Å². The molecule has 0 bridgehead atoms. The SMILES string of the molecule is NNC1CCN(O)CC1. The van der Waals surface area contributed by atoms with Gasteiger partial charge in [-0.3, -0.25) is 11.3 Å². The highest BCUT2D eigenvalue weighted by molar-refractivity contribution is 4.70. The zero-order chi connectivity index (χ0) is 6.69. The third-order valence-electron chi connectivity index (χ3n) is 1.71. The minimum Gasteiger partial charge on any atom is -0.314 e. The normalized spacial score (nSPS) is 24.7. The van der Waals surface area contributed by atoms with Crippen LogP contribution in [-0.4, -0.2) is 29.4 Å². The first-order valence-corrected chi connectivity index (χ1v) is 3.23. The highest BCUT2D eigenvalue weighted by atomic mass is 16.5. The van der Waals surface area contributed by atoms with Crippen LogP contribution in [0.5, 0.6) is 0 Å². The molecular formula is C5H13N3O. The summed E-state index contributed by atoms with van der Waals surface area (Å²) in [4.78, 5) is 0. The molecule has 0 unspecified atom stereocenters. The van der Waals surface area contributed by atoms with Crippen LogP contribution < -0.4 is 11.3 Å². The molecule has 4 heteroatoms. The molecule has 0 atom stereocenters. The van der Waals surface area contributed by atoms with Crippen molar-refractivity contribution in [2.24, 2.45) is 5.84 Å². The Hall–Kier alpha value is -0.160. The number of piperidine rings is 1. The van der Waals surface area contributed by atoms with Crippen LogP contribution in [0, 0.1) is 0 Å². The van der Waals surface area contributed by atoms with Crippen molar-refractivity contribution in [2.45, 2.75) is 18.9 Å². The number of nitrogens with one attached hydrogen (secondary N) is 1. The van der Waals surface area contributed by atoms with E-state index in [0.717, 1.165) is 25.9 Å². The van der Waals surface area contributed by atoms with Gasteiger partial charge in [0.2, 0.25) is 0 Å². The summed E-state index contributed by atoms with van der Waals surface area (Å²) in [5.74, 6) is 5.20. The number of nitrogens with zero attached hydrogens (tertiary/aromatic N) is 1. The fourth-order valence-corrected chi connectivity index (χ4v) is 1.03. The molecule has 0 radical (unpaired) electrons. The molecule has 54 valence electrons. The molecule has 4 nitrogen and oxygen atoms in total. The van der Waals surface area contributed by atoms with Crippen molar-refractivity contribution in [1.29, 1.82) is 0 Å². The van der Waals surface area contributed by atoms with Crippen LogP contribution in [0.1, 0.15) is 12.8 Å². The zero-order valence-electron chi connectivity index (χ0n) is 5.38. The number of hydroxylamine groups is 2. The molecule has 0 spiro atoms. The van der Waals surface area contributed by atoms with Crippen molar-refractivity contribution in [3.63, 3.8) is 0 Å². The van der Waals surface area contributed by atoms with Crippen molar-refractivity contribution in [1.82, 2.24) is 10.5 Å². The Labute approximate surface area is 54.6 Å². The van der Waals surface area contributed by atoms with Gasteiger partial charge in [0.15, 0.2) is 0 Å². The number of hydrogen-bond acceptors (Lipinski definition) is 4. The van der Waals surface area contributed by atoms with Gasteiger partial charge >= 0.3 is 0 Å². The summed E-state index contributed by atoms with van der Waals surface area (Å²) in [5.41, 5.74) is 2.69. The lowest BCUT2D eigenvalue weighted by Gasteiger charge is -2.26. The molecule has 1 aliphatic heterocycles. The average Bonchev–Trinajstić information content (AvgIpc) is 1.90. The van der Waals surface area contributed by atoms with Gasteiger partial charge < -0.3 is 5.21 Å². The molecule has 4 N–H and O–H groups in total. The predicted molar refractivity (Wildman–Crippen MR) is 33.7 cm³/mol. The van der Waals surface area contributed by atoms with Gasteiger partial charge in [0.05, 0.1) is 0 Å². The highest BCUT2D eigenvalue weighted by Crippen LogP contribution is 2.05. The molecule has 0 aliphatic carbocycles. The maximum Gasteiger partial charge on any atom is 0.0253 e. The van der Waals surface area contributed by atoms with E-state index in [9.17, 15) is 0 Å². The van der Waals surface area contributed by atoms with Gasteiger partial charge in [-0.25, -0.2) is 0 Å². The lowest BCUT2D eigenvalue weighted by atomic mass is 10.1. The molecule has 1 fully saturated rings. The number of nitrogens with two attached hydrogens (primary N) is 1. The Balaban J connectivity index is 2.18. The first-order chi connectivity index (χ1) is 4.33. The lowest BCUT2D eigenvalue weighted by molar-refractivity contribution is -0.107. The largest absolute Gasteiger partial charge is 0.314 e. The summed E-state index contributed by atoms with van der Waals surface area (Å²) in [5, 5.41) is 10.2. The first-order valence-electron chi connectivity index (χ1n) is 3.23. The van der Waals surface area contributed by atoms with Gasteiger partial charge in [0.1, 0.15) is 0 Å². The van der Waals surface area contributed by atoms with Crippen molar-refractivity contribution >= 4 is 0 Å². The first kappa shape index (κ1) is 6.95. The molecular weight excluding hydrogens is 118 g/mol. The summed E-state index contributed by atoms with van der Waals surface area (Å²) >= 11 is 0. The van der Waals surface area contributed by atoms with Crippen LogP contribution in [0.2, 0.25) is 0 Å². The predicted octanol–water partition coefficient (Wildman–Crippen LogP) is -0.697. The highest BCUT2D eigenvalue weighted by Gasteiger charge is 2.15. The molecule has 0 aromatic rings. The van der Waals surface area contributed by atoms with E-state index in [0.29, 0.717) is 6.04 Å². The fraction of sp³-hybridized carbons (Fsp3) is 1.00. The third kappa shape index (κ3) is 1.91. The molecule has 1 heterocycles. The second-order valence-corrected chi connectivity index (χ2v) is 2.39. The standard InChI is InChI=1S/C5H13N3O/c6-7-5-1-3-8(9)4-2-5/h5,7,9H,1-4,6H2. The molecule has 1 saturated heterocycles. The Morgan fingerprint density at radius 2 is 2.00 bits per heavy atom. The summed E-state index contributed by atoms with van der Waals surface area (Å²) in [6, 6.07) is 0.397. The van der Waals surface area contributed by atoms with Crippen molar-refractivity contribution < 1.29 is 5.21 Å². The van der Waals surface area contributed by atoms with Gasteiger partial charge in [-0.15, -0.1) is 0 Å². The lowest BCUT2D eigenvalue weighted by Crippen LogP contribution is -2.43. The van der Waals surface area contributed by atoms with Crippen molar-refractivity contribution in [2.75, 3.05) is 13.1 Å². The topological polar surface area (TPSA) is 61.5 Å². The maximum atomic E-state index is 8.89. The van der Waals surface area contributed by atoms with E-state index in [1.54, 1.807) is 0 Å². The number of rotatable bonds is 1. The van der Waals surface area contributed by atoms with Crippen LogP contribution in [-0.2, 0) is 0 Å². The van der Waals surface area contributed by atoms with Gasteiger partial charge in [-0.1, -0.05) is 0 Å². The van der Waals surface area contributed by atoms with Crippen molar-refractivity contribution in [3.05, 3.63) is 0 Å². The van der Waals surface area contributed by atoms with E-state index in [1.165, 1.54) is 5.06 Å².